The first-order chi connectivity index (χ1) is 14.3. The maximum absolute atomic E-state index is 11.7. The zero-order valence-corrected chi connectivity index (χ0v) is 18.3. The Morgan fingerprint density at radius 3 is 1.43 bits per heavy atom. The fraction of sp³-hybridized carbons (Fsp3) is 0.636. The first-order valence-electron chi connectivity index (χ1n) is 10.2. The van der Waals surface area contributed by atoms with Gasteiger partial charge >= 0.3 is 11.9 Å². The minimum Gasteiger partial charge on any atom is -0.464 e. The van der Waals surface area contributed by atoms with E-state index < -0.39 is 24.0 Å². The molecule has 2 amide bonds. The van der Waals surface area contributed by atoms with Crippen molar-refractivity contribution in [1.29, 1.82) is 0 Å². The molecule has 2 N–H and O–H groups in total. The normalized spacial score (nSPS) is 11.5. The number of carbonyl (C=O) groups excluding carboxylic acids is 4. The lowest BCUT2D eigenvalue weighted by Gasteiger charge is -2.12. The summed E-state index contributed by atoms with van der Waals surface area (Å²) in [6, 6.07) is -1.32. The molecule has 166 valence electrons. The van der Waals surface area contributed by atoms with Crippen LogP contribution in [0.1, 0.15) is 66.2 Å². The maximum Gasteiger partial charge on any atom is 0.328 e. The fourth-order valence-electron chi connectivity index (χ4n) is 2.17. The zero-order chi connectivity index (χ0) is 22.8. The molecule has 2 unspecified atom stereocenters. The van der Waals surface area contributed by atoms with E-state index in [2.05, 4.69) is 34.3 Å². The van der Waals surface area contributed by atoms with E-state index in [1.54, 1.807) is 27.7 Å². The number of hydrogen-bond acceptors (Lipinski definition) is 6. The maximum atomic E-state index is 11.7. The summed E-state index contributed by atoms with van der Waals surface area (Å²) in [5.41, 5.74) is 0. The van der Waals surface area contributed by atoms with E-state index in [-0.39, 0.29) is 37.9 Å². The van der Waals surface area contributed by atoms with Crippen LogP contribution in [0.25, 0.3) is 0 Å². The van der Waals surface area contributed by atoms with Gasteiger partial charge < -0.3 is 20.1 Å². The molecule has 0 spiro atoms. The summed E-state index contributed by atoms with van der Waals surface area (Å²) >= 11 is 0. The number of esters is 2. The van der Waals surface area contributed by atoms with Crippen LogP contribution < -0.4 is 10.6 Å². The molecule has 30 heavy (non-hydrogen) atoms. The SMILES string of the molecule is CCOC(=O)C(C)NC(=O)CCCC#CC#CCCCC(=O)NC(C)C(=O)OCC. The van der Waals surface area contributed by atoms with Crippen molar-refractivity contribution in [2.75, 3.05) is 13.2 Å². The van der Waals surface area contributed by atoms with Crippen molar-refractivity contribution in [1.82, 2.24) is 10.6 Å². The van der Waals surface area contributed by atoms with Crippen LogP contribution in [0, 0.1) is 23.7 Å². The number of unbranched alkanes of at least 4 members (excludes halogenated alkanes) is 2. The lowest BCUT2D eigenvalue weighted by molar-refractivity contribution is -0.147. The Morgan fingerprint density at radius 2 is 1.10 bits per heavy atom. The van der Waals surface area contributed by atoms with Gasteiger partial charge in [0.2, 0.25) is 11.8 Å². The molecule has 0 aliphatic heterocycles. The van der Waals surface area contributed by atoms with Crippen molar-refractivity contribution in [2.45, 2.75) is 78.3 Å². The molecule has 8 heteroatoms. The molecular weight excluding hydrogens is 388 g/mol. The van der Waals surface area contributed by atoms with Gasteiger partial charge in [-0.1, -0.05) is 11.8 Å². The van der Waals surface area contributed by atoms with Crippen molar-refractivity contribution in [3.8, 4) is 23.7 Å². The molecule has 0 radical (unpaired) electrons. The van der Waals surface area contributed by atoms with Crippen molar-refractivity contribution in [2.24, 2.45) is 0 Å². The van der Waals surface area contributed by atoms with Gasteiger partial charge in [0, 0.05) is 25.7 Å². The Bertz CT molecular complexity index is 636. The number of amides is 2. The van der Waals surface area contributed by atoms with E-state index in [0.717, 1.165) is 0 Å². The molecule has 2 atom stereocenters. The monoisotopic (exact) mass is 420 g/mol. The summed E-state index contributed by atoms with van der Waals surface area (Å²) < 4.78 is 9.64. The Morgan fingerprint density at radius 1 is 0.733 bits per heavy atom. The number of rotatable bonds is 12. The van der Waals surface area contributed by atoms with E-state index >= 15 is 0 Å². The summed E-state index contributed by atoms with van der Waals surface area (Å²) in [5.74, 6) is 9.78. The van der Waals surface area contributed by atoms with Gasteiger partial charge in [0.25, 0.3) is 0 Å². The second kappa shape index (κ2) is 16.9. The third kappa shape index (κ3) is 14.1. The number of carbonyl (C=O) groups is 4. The minimum atomic E-state index is -0.662. The molecular formula is C22H32N2O6. The van der Waals surface area contributed by atoms with E-state index in [1.807, 2.05) is 0 Å². The van der Waals surface area contributed by atoms with E-state index in [1.165, 1.54) is 0 Å². The predicted molar refractivity (Wildman–Crippen MR) is 112 cm³/mol. The fourth-order valence-corrected chi connectivity index (χ4v) is 2.17. The first kappa shape index (κ1) is 27.0. The van der Waals surface area contributed by atoms with Crippen molar-refractivity contribution < 1.29 is 28.7 Å². The topological polar surface area (TPSA) is 111 Å². The molecule has 0 aromatic rings. The summed E-state index contributed by atoms with van der Waals surface area (Å²) in [5, 5.41) is 5.15. The smallest absolute Gasteiger partial charge is 0.328 e. The molecule has 8 nitrogen and oxygen atoms in total. The molecule has 0 bridgehead atoms. The van der Waals surface area contributed by atoms with Crippen LogP contribution in [0.15, 0.2) is 0 Å². The van der Waals surface area contributed by atoms with Crippen LogP contribution in [0.4, 0.5) is 0 Å². The van der Waals surface area contributed by atoms with Gasteiger partial charge in [-0.05, 0) is 52.4 Å². The Balaban J connectivity index is 3.89. The number of nitrogens with one attached hydrogen (secondary N) is 2. The second-order valence-electron chi connectivity index (χ2n) is 6.39. The van der Waals surface area contributed by atoms with Gasteiger partial charge in [0.15, 0.2) is 0 Å². The highest BCUT2D eigenvalue weighted by atomic mass is 16.5. The lowest BCUT2D eigenvalue weighted by atomic mass is 10.2. The van der Waals surface area contributed by atoms with Gasteiger partial charge in [0.05, 0.1) is 13.2 Å². The molecule has 0 saturated heterocycles. The molecule has 0 aliphatic rings. The van der Waals surface area contributed by atoms with Gasteiger partial charge in [-0.25, -0.2) is 9.59 Å². The Kier molecular flexibility index (Phi) is 15.2. The Labute approximate surface area is 178 Å². The molecule has 0 aromatic carbocycles. The van der Waals surface area contributed by atoms with E-state index in [0.29, 0.717) is 25.7 Å². The zero-order valence-electron chi connectivity index (χ0n) is 18.3. The van der Waals surface area contributed by atoms with Gasteiger partial charge in [0.1, 0.15) is 12.1 Å². The van der Waals surface area contributed by atoms with Crippen LogP contribution in [-0.2, 0) is 28.7 Å². The minimum absolute atomic E-state index is 0.223. The van der Waals surface area contributed by atoms with Crippen molar-refractivity contribution in [3.63, 3.8) is 0 Å². The van der Waals surface area contributed by atoms with Crippen LogP contribution in [0.3, 0.4) is 0 Å². The van der Waals surface area contributed by atoms with Gasteiger partial charge in [-0.15, -0.1) is 0 Å². The molecule has 0 rings (SSSR count). The molecule has 0 fully saturated rings. The molecule has 0 heterocycles. The first-order valence-corrected chi connectivity index (χ1v) is 10.2. The third-order valence-corrected chi connectivity index (χ3v) is 3.69. The predicted octanol–water partition coefficient (Wildman–Crippen LogP) is 1.47. The highest BCUT2D eigenvalue weighted by Gasteiger charge is 2.16. The van der Waals surface area contributed by atoms with Crippen LogP contribution in [0.5, 0.6) is 0 Å². The van der Waals surface area contributed by atoms with E-state index in [4.69, 9.17) is 9.47 Å². The van der Waals surface area contributed by atoms with E-state index in [9.17, 15) is 19.2 Å². The third-order valence-electron chi connectivity index (χ3n) is 3.69. The summed E-state index contributed by atoms with van der Waals surface area (Å²) in [6.07, 6.45) is 2.70. The molecule has 0 aliphatic carbocycles. The van der Waals surface area contributed by atoms with Gasteiger partial charge in [-0.2, -0.15) is 0 Å². The quantitative estimate of drug-likeness (QED) is 0.281. The average molecular weight is 421 g/mol. The number of ether oxygens (including phenoxy) is 2. The molecule has 0 aromatic heterocycles. The standard InChI is InChI=1S/C22H32N2O6/c1-5-29-21(27)17(3)23-19(25)15-13-11-9-7-8-10-12-14-16-20(26)24-18(4)22(28)30-6-2/h17-18H,5-6,11-16H2,1-4H3,(H,23,25)(H,24,26). The highest BCUT2D eigenvalue weighted by molar-refractivity contribution is 5.84. The molecule has 0 saturated carbocycles. The second-order valence-corrected chi connectivity index (χ2v) is 6.39. The van der Waals surface area contributed by atoms with Gasteiger partial charge in [-0.3, -0.25) is 9.59 Å². The van der Waals surface area contributed by atoms with Crippen LogP contribution >= 0.6 is 0 Å². The van der Waals surface area contributed by atoms with Crippen LogP contribution in [-0.4, -0.2) is 49.1 Å². The lowest BCUT2D eigenvalue weighted by Crippen LogP contribution is -2.39. The summed E-state index contributed by atoms with van der Waals surface area (Å²) in [7, 11) is 0. The number of hydrogen-bond donors (Lipinski definition) is 2. The Hall–Kier alpha value is -3.00. The summed E-state index contributed by atoms with van der Waals surface area (Å²) in [6.45, 7) is 7.13. The highest BCUT2D eigenvalue weighted by Crippen LogP contribution is 1.97. The van der Waals surface area contributed by atoms with Crippen LogP contribution in [0.2, 0.25) is 0 Å². The largest absolute Gasteiger partial charge is 0.464 e. The average Bonchev–Trinajstić information content (AvgIpc) is 2.69. The summed E-state index contributed by atoms with van der Waals surface area (Å²) in [4.78, 5) is 46.3. The van der Waals surface area contributed by atoms with Crippen molar-refractivity contribution >= 4 is 23.8 Å². The van der Waals surface area contributed by atoms with Crippen molar-refractivity contribution in [3.05, 3.63) is 0 Å².